The molecule has 1 aliphatic heterocycles. The minimum Gasteiger partial charge on any atom is -0.379 e. The maximum atomic E-state index is 11.8. The lowest BCUT2D eigenvalue weighted by atomic mass is 9.97. The Morgan fingerprint density at radius 1 is 1.13 bits per heavy atom. The predicted molar refractivity (Wildman–Crippen MR) is 116 cm³/mol. The monoisotopic (exact) mass is 417 g/mol. The SMILES string of the molecule is NC(=O)CC(c1cccc(-c2n[nH]c3ccc(-c4ncn[nH]4)cc23)c1)N1CCOCC1. The van der Waals surface area contributed by atoms with Crippen molar-refractivity contribution in [1.29, 1.82) is 0 Å². The van der Waals surface area contributed by atoms with Crippen LogP contribution in [0.5, 0.6) is 0 Å². The van der Waals surface area contributed by atoms with Crippen LogP contribution in [-0.2, 0) is 9.53 Å². The number of nitrogens with one attached hydrogen (secondary N) is 2. The number of amides is 1. The van der Waals surface area contributed by atoms with E-state index in [1.165, 1.54) is 6.33 Å². The van der Waals surface area contributed by atoms with Crippen LogP contribution in [0.25, 0.3) is 33.5 Å². The number of carbonyl (C=O) groups excluding carboxylic acids is 1. The van der Waals surface area contributed by atoms with Crippen LogP contribution in [0.4, 0.5) is 0 Å². The van der Waals surface area contributed by atoms with Gasteiger partial charge in [-0.3, -0.25) is 19.9 Å². The van der Waals surface area contributed by atoms with Crippen LogP contribution in [0.3, 0.4) is 0 Å². The number of aromatic nitrogens is 5. The fourth-order valence-corrected chi connectivity index (χ4v) is 4.16. The van der Waals surface area contributed by atoms with E-state index in [4.69, 9.17) is 10.5 Å². The lowest BCUT2D eigenvalue weighted by Crippen LogP contribution is -2.40. The molecule has 1 atom stereocenters. The maximum absolute atomic E-state index is 11.8. The quantitative estimate of drug-likeness (QED) is 0.442. The Kier molecular flexibility index (Phi) is 5.19. The number of primary amides is 1. The molecule has 4 aromatic rings. The second-order valence-corrected chi connectivity index (χ2v) is 7.63. The summed E-state index contributed by atoms with van der Waals surface area (Å²) < 4.78 is 5.48. The second kappa shape index (κ2) is 8.29. The minimum absolute atomic E-state index is 0.0867. The molecule has 3 heterocycles. The third-order valence-corrected chi connectivity index (χ3v) is 5.68. The summed E-state index contributed by atoms with van der Waals surface area (Å²) in [5, 5.41) is 15.5. The number of aromatic amines is 2. The molecule has 158 valence electrons. The number of carbonyl (C=O) groups is 1. The van der Waals surface area contributed by atoms with E-state index >= 15 is 0 Å². The van der Waals surface area contributed by atoms with E-state index in [1.807, 2.05) is 36.4 Å². The van der Waals surface area contributed by atoms with Crippen molar-refractivity contribution in [3.05, 3.63) is 54.4 Å². The first-order chi connectivity index (χ1) is 15.2. The molecule has 5 rings (SSSR count). The Balaban J connectivity index is 1.54. The van der Waals surface area contributed by atoms with Crippen molar-refractivity contribution in [2.75, 3.05) is 26.3 Å². The van der Waals surface area contributed by atoms with Crippen LogP contribution in [0.2, 0.25) is 0 Å². The summed E-state index contributed by atoms with van der Waals surface area (Å²) in [5.41, 5.74) is 10.3. The summed E-state index contributed by atoms with van der Waals surface area (Å²) in [6.45, 7) is 2.86. The summed E-state index contributed by atoms with van der Waals surface area (Å²) in [4.78, 5) is 18.3. The Hall–Kier alpha value is -3.56. The van der Waals surface area contributed by atoms with Gasteiger partial charge in [-0.15, -0.1) is 0 Å². The van der Waals surface area contributed by atoms with Gasteiger partial charge in [-0.05, 0) is 29.8 Å². The van der Waals surface area contributed by atoms with Crippen molar-refractivity contribution in [3.8, 4) is 22.6 Å². The molecular formula is C22H23N7O2. The molecule has 1 amide bonds. The van der Waals surface area contributed by atoms with Crippen LogP contribution in [-0.4, -0.2) is 62.5 Å². The molecule has 31 heavy (non-hydrogen) atoms. The van der Waals surface area contributed by atoms with E-state index in [1.54, 1.807) is 0 Å². The number of nitrogens with zero attached hydrogens (tertiary/aromatic N) is 4. The Bertz CT molecular complexity index is 1200. The first kappa shape index (κ1) is 19.4. The molecule has 1 aliphatic rings. The number of fused-ring (bicyclic) bond motifs is 1. The highest BCUT2D eigenvalue weighted by Gasteiger charge is 2.25. The molecule has 0 saturated carbocycles. The minimum atomic E-state index is -0.316. The second-order valence-electron chi connectivity index (χ2n) is 7.63. The van der Waals surface area contributed by atoms with E-state index in [2.05, 4.69) is 36.3 Å². The maximum Gasteiger partial charge on any atom is 0.219 e. The van der Waals surface area contributed by atoms with Gasteiger partial charge in [-0.2, -0.15) is 10.2 Å². The van der Waals surface area contributed by atoms with Gasteiger partial charge in [0, 0.05) is 42.1 Å². The summed E-state index contributed by atoms with van der Waals surface area (Å²) in [6.07, 6.45) is 1.75. The summed E-state index contributed by atoms with van der Waals surface area (Å²) in [7, 11) is 0. The van der Waals surface area contributed by atoms with Crippen molar-refractivity contribution >= 4 is 16.8 Å². The average molecular weight is 417 g/mol. The van der Waals surface area contributed by atoms with Crippen molar-refractivity contribution in [3.63, 3.8) is 0 Å². The molecule has 0 bridgehead atoms. The molecule has 4 N–H and O–H groups in total. The van der Waals surface area contributed by atoms with Gasteiger partial charge in [-0.1, -0.05) is 18.2 Å². The first-order valence-electron chi connectivity index (χ1n) is 10.2. The van der Waals surface area contributed by atoms with Crippen molar-refractivity contribution in [2.24, 2.45) is 5.73 Å². The van der Waals surface area contributed by atoms with Crippen molar-refractivity contribution < 1.29 is 9.53 Å². The zero-order valence-corrected chi connectivity index (χ0v) is 16.9. The van der Waals surface area contributed by atoms with Crippen LogP contribution >= 0.6 is 0 Å². The van der Waals surface area contributed by atoms with E-state index < -0.39 is 0 Å². The smallest absolute Gasteiger partial charge is 0.219 e. The number of morpholine rings is 1. The van der Waals surface area contributed by atoms with Gasteiger partial charge in [-0.25, -0.2) is 4.98 Å². The lowest BCUT2D eigenvalue weighted by Gasteiger charge is -2.34. The molecule has 0 spiro atoms. The Labute approximate surface area is 178 Å². The van der Waals surface area contributed by atoms with Crippen molar-refractivity contribution in [1.82, 2.24) is 30.3 Å². The molecule has 2 aromatic heterocycles. The summed E-state index contributed by atoms with van der Waals surface area (Å²) in [5.74, 6) is 0.389. The number of nitrogens with two attached hydrogens (primary N) is 1. The summed E-state index contributed by atoms with van der Waals surface area (Å²) in [6, 6.07) is 14.1. The predicted octanol–water partition coefficient (Wildman–Crippen LogP) is 2.26. The highest BCUT2D eigenvalue weighted by atomic mass is 16.5. The zero-order chi connectivity index (χ0) is 21.2. The fraction of sp³-hybridized carbons (Fsp3) is 0.273. The molecule has 1 saturated heterocycles. The number of hydrogen-bond donors (Lipinski definition) is 3. The topological polar surface area (TPSA) is 126 Å². The Morgan fingerprint density at radius 3 is 2.77 bits per heavy atom. The van der Waals surface area contributed by atoms with Gasteiger partial charge < -0.3 is 10.5 Å². The lowest BCUT2D eigenvalue weighted by molar-refractivity contribution is -0.119. The van der Waals surface area contributed by atoms with Gasteiger partial charge in [0.2, 0.25) is 5.91 Å². The number of hydrogen-bond acceptors (Lipinski definition) is 6. The van der Waals surface area contributed by atoms with Crippen LogP contribution < -0.4 is 5.73 Å². The number of ether oxygens (including phenoxy) is 1. The molecule has 1 unspecified atom stereocenters. The molecule has 1 fully saturated rings. The number of benzene rings is 2. The van der Waals surface area contributed by atoms with E-state index in [0.717, 1.165) is 46.4 Å². The molecule has 9 heteroatoms. The highest BCUT2D eigenvalue weighted by Crippen LogP contribution is 2.32. The zero-order valence-electron chi connectivity index (χ0n) is 16.9. The number of H-pyrrole nitrogens is 2. The largest absolute Gasteiger partial charge is 0.379 e. The Morgan fingerprint density at radius 2 is 2.00 bits per heavy atom. The molecule has 2 aromatic carbocycles. The van der Waals surface area contributed by atoms with Gasteiger partial charge in [0.15, 0.2) is 5.82 Å². The third-order valence-electron chi connectivity index (χ3n) is 5.68. The first-order valence-corrected chi connectivity index (χ1v) is 10.2. The van der Waals surface area contributed by atoms with Gasteiger partial charge in [0.05, 0.1) is 24.4 Å². The highest BCUT2D eigenvalue weighted by molar-refractivity contribution is 5.95. The van der Waals surface area contributed by atoms with Crippen LogP contribution in [0, 0.1) is 0 Å². The molecule has 0 radical (unpaired) electrons. The van der Waals surface area contributed by atoms with Crippen LogP contribution in [0.1, 0.15) is 18.0 Å². The van der Waals surface area contributed by atoms with E-state index in [0.29, 0.717) is 19.0 Å². The van der Waals surface area contributed by atoms with Crippen molar-refractivity contribution in [2.45, 2.75) is 12.5 Å². The van der Waals surface area contributed by atoms with E-state index in [9.17, 15) is 4.79 Å². The van der Waals surface area contributed by atoms with Crippen LogP contribution in [0.15, 0.2) is 48.8 Å². The fourth-order valence-electron chi connectivity index (χ4n) is 4.16. The van der Waals surface area contributed by atoms with Gasteiger partial charge in [0.25, 0.3) is 0 Å². The normalized spacial score (nSPS) is 15.9. The number of rotatable bonds is 6. The molecular weight excluding hydrogens is 394 g/mol. The average Bonchev–Trinajstić information content (AvgIpc) is 3.48. The van der Waals surface area contributed by atoms with E-state index in [-0.39, 0.29) is 18.4 Å². The van der Waals surface area contributed by atoms with Gasteiger partial charge >= 0.3 is 0 Å². The third kappa shape index (κ3) is 3.92. The molecule has 9 nitrogen and oxygen atoms in total. The molecule has 0 aliphatic carbocycles. The summed E-state index contributed by atoms with van der Waals surface area (Å²) >= 11 is 0. The van der Waals surface area contributed by atoms with Gasteiger partial charge in [0.1, 0.15) is 6.33 Å². The standard InChI is InChI=1S/C22H23N7O2/c23-20(30)12-19(29-6-8-31-9-7-29)14-2-1-3-15(10-14)21-17-11-16(22-24-13-25-28-22)4-5-18(17)26-27-21/h1-5,10-11,13,19H,6-9,12H2,(H2,23,30)(H,26,27)(H,24,25,28).